The Morgan fingerprint density at radius 3 is 2.36 bits per heavy atom. The second-order valence-corrected chi connectivity index (χ2v) is 7.12. The van der Waals surface area contributed by atoms with E-state index in [-0.39, 0.29) is 17.7 Å². The third-order valence-electron chi connectivity index (χ3n) is 5.35. The van der Waals surface area contributed by atoms with Crippen LogP contribution < -0.4 is 4.90 Å². The standard InChI is InChI=1S/C17H25N5O3/c23-14(12-17(13-15(24)25)4-2-1-3-5-17)21-8-10-22(11-9-21)16-18-6-7-19-20-16/h6-7H,1-5,8-13H2,(H,24,25). The highest BCUT2D eigenvalue weighted by atomic mass is 16.4. The van der Waals surface area contributed by atoms with Gasteiger partial charge in [-0.15, -0.1) is 5.10 Å². The molecule has 1 aliphatic heterocycles. The number of carboxylic acids is 1. The van der Waals surface area contributed by atoms with Gasteiger partial charge >= 0.3 is 5.97 Å². The van der Waals surface area contributed by atoms with Gasteiger partial charge in [-0.1, -0.05) is 19.3 Å². The summed E-state index contributed by atoms with van der Waals surface area (Å²) in [5.41, 5.74) is -0.356. The van der Waals surface area contributed by atoms with Crippen LogP contribution in [-0.2, 0) is 9.59 Å². The summed E-state index contributed by atoms with van der Waals surface area (Å²) < 4.78 is 0. The molecular weight excluding hydrogens is 322 g/mol. The number of amides is 1. The Hall–Kier alpha value is -2.25. The van der Waals surface area contributed by atoms with Crippen molar-refractivity contribution < 1.29 is 14.7 Å². The summed E-state index contributed by atoms with van der Waals surface area (Å²) in [6.45, 7) is 2.56. The molecule has 1 aromatic rings. The molecule has 1 saturated heterocycles. The van der Waals surface area contributed by atoms with Crippen molar-refractivity contribution in [1.29, 1.82) is 0 Å². The number of aliphatic carboxylic acids is 1. The number of rotatable bonds is 5. The second-order valence-electron chi connectivity index (χ2n) is 7.12. The van der Waals surface area contributed by atoms with E-state index in [4.69, 9.17) is 0 Å². The smallest absolute Gasteiger partial charge is 0.303 e. The molecule has 0 radical (unpaired) electrons. The van der Waals surface area contributed by atoms with Gasteiger partial charge < -0.3 is 14.9 Å². The maximum Gasteiger partial charge on any atom is 0.303 e. The summed E-state index contributed by atoms with van der Waals surface area (Å²) in [5, 5.41) is 17.1. The summed E-state index contributed by atoms with van der Waals surface area (Å²) in [4.78, 5) is 32.1. The van der Waals surface area contributed by atoms with Crippen molar-refractivity contribution in [3.63, 3.8) is 0 Å². The van der Waals surface area contributed by atoms with Crippen molar-refractivity contribution in [2.75, 3.05) is 31.1 Å². The molecular formula is C17H25N5O3. The predicted molar refractivity (Wildman–Crippen MR) is 91.0 cm³/mol. The van der Waals surface area contributed by atoms with Crippen LogP contribution in [0, 0.1) is 5.41 Å². The largest absolute Gasteiger partial charge is 0.481 e. The lowest BCUT2D eigenvalue weighted by atomic mass is 9.69. The highest BCUT2D eigenvalue weighted by molar-refractivity contribution is 5.78. The highest BCUT2D eigenvalue weighted by Crippen LogP contribution is 2.42. The molecule has 3 rings (SSSR count). The van der Waals surface area contributed by atoms with Gasteiger partial charge in [0.25, 0.3) is 0 Å². The molecule has 1 amide bonds. The van der Waals surface area contributed by atoms with Crippen LogP contribution in [0.1, 0.15) is 44.9 Å². The fourth-order valence-electron chi connectivity index (χ4n) is 4.01. The van der Waals surface area contributed by atoms with Gasteiger partial charge in [-0.3, -0.25) is 9.59 Å². The van der Waals surface area contributed by atoms with Crippen molar-refractivity contribution in [3.8, 4) is 0 Å². The third kappa shape index (κ3) is 4.43. The average Bonchev–Trinajstić information content (AvgIpc) is 2.62. The molecule has 8 nitrogen and oxygen atoms in total. The Morgan fingerprint density at radius 2 is 1.76 bits per heavy atom. The Kier molecular flexibility index (Phi) is 5.45. The topological polar surface area (TPSA) is 99.5 Å². The van der Waals surface area contributed by atoms with Gasteiger partial charge in [0.05, 0.1) is 18.8 Å². The van der Waals surface area contributed by atoms with Crippen LogP contribution in [-0.4, -0.2) is 63.2 Å². The fourth-order valence-corrected chi connectivity index (χ4v) is 4.01. The third-order valence-corrected chi connectivity index (χ3v) is 5.35. The highest BCUT2D eigenvalue weighted by Gasteiger charge is 2.38. The number of hydrogen-bond acceptors (Lipinski definition) is 6. The molecule has 0 spiro atoms. The zero-order chi connectivity index (χ0) is 17.7. The van der Waals surface area contributed by atoms with Gasteiger partial charge in [0, 0.05) is 32.6 Å². The maximum atomic E-state index is 12.8. The van der Waals surface area contributed by atoms with E-state index < -0.39 is 5.97 Å². The van der Waals surface area contributed by atoms with E-state index in [1.165, 1.54) is 6.20 Å². The molecule has 2 heterocycles. The van der Waals surface area contributed by atoms with Crippen molar-refractivity contribution in [2.24, 2.45) is 5.41 Å². The number of anilines is 1. The van der Waals surface area contributed by atoms with Crippen molar-refractivity contribution in [2.45, 2.75) is 44.9 Å². The van der Waals surface area contributed by atoms with E-state index in [0.717, 1.165) is 32.1 Å². The Labute approximate surface area is 147 Å². The molecule has 2 aliphatic rings. The lowest BCUT2D eigenvalue weighted by Gasteiger charge is -2.39. The molecule has 1 aliphatic carbocycles. The van der Waals surface area contributed by atoms with Crippen molar-refractivity contribution in [3.05, 3.63) is 12.4 Å². The molecule has 0 bridgehead atoms. The van der Waals surface area contributed by atoms with E-state index in [9.17, 15) is 14.7 Å². The zero-order valence-corrected chi connectivity index (χ0v) is 14.4. The molecule has 0 atom stereocenters. The van der Waals surface area contributed by atoms with Crippen LogP contribution in [0.2, 0.25) is 0 Å². The first kappa shape index (κ1) is 17.6. The molecule has 0 unspecified atom stereocenters. The van der Waals surface area contributed by atoms with E-state index in [0.29, 0.717) is 38.5 Å². The maximum absolute atomic E-state index is 12.8. The molecule has 136 valence electrons. The van der Waals surface area contributed by atoms with E-state index in [1.54, 1.807) is 6.20 Å². The minimum absolute atomic E-state index is 0.0786. The first-order valence-electron chi connectivity index (χ1n) is 8.96. The normalized spacial score (nSPS) is 20.3. The van der Waals surface area contributed by atoms with Crippen molar-refractivity contribution >= 4 is 17.8 Å². The van der Waals surface area contributed by atoms with Crippen molar-refractivity contribution in [1.82, 2.24) is 20.1 Å². The molecule has 25 heavy (non-hydrogen) atoms. The molecule has 8 heteroatoms. The molecule has 1 saturated carbocycles. The van der Waals surface area contributed by atoms with Gasteiger partial charge in [-0.2, -0.15) is 5.10 Å². The van der Waals surface area contributed by atoms with Crippen LogP contribution in [0.25, 0.3) is 0 Å². The van der Waals surface area contributed by atoms with Crippen LogP contribution >= 0.6 is 0 Å². The zero-order valence-electron chi connectivity index (χ0n) is 14.4. The lowest BCUT2D eigenvalue weighted by molar-refractivity contribution is -0.142. The lowest BCUT2D eigenvalue weighted by Crippen LogP contribution is -2.50. The summed E-state index contributed by atoms with van der Waals surface area (Å²) in [7, 11) is 0. The van der Waals surface area contributed by atoms with Gasteiger partial charge in [0.2, 0.25) is 11.9 Å². The number of aromatic nitrogens is 3. The Balaban J connectivity index is 1.57. The number of carboxylic acid groups (broad SMARTS) is 1. The van der Waals surface area contributed by atoms with E-state index >= 15 is 0 Å². The van der Waals surface area contributed by atoms with Crippen LogP contribution in [0.15, 0.2) is 12.4 Å². The first-order valence-corrected chi connectivity index (χ1v) is 8.96. The predicted octanol–water partition coefficient (Wildman–Crippen LogP) is 1.34. The second kappa shape index (κ2) is 7.76. The van der Waals surface area contributed by atoms with Gasteiger partial charge in [-0.25, -0.2) is 4.98 Å². The number of carbonyl (C=O) groups excluding carboxylic acids is 1. The minimum Gasteiger partial charge on any atom is -0.481 e. The minimum atomic E-state index is -0.798. The summed E-state index contributed by atoms with van der Waals surface area (Å²) in [6.07, 6.45) is 8.46. The van der Waals surface area contributed by atoms with Gasteiger partial charge in [0.1, 0.15) is 0 Å². The number of carbonyl (C=O) groups is 2. The number of hydrogen-bond donors (Lipinski definition) is 1. The fraction of sp³-hybridized carbons (Fsp3) is 0.706. The molecule has 2 fully saturated rings. The van der Waals surface area contributed by atoms with Crippen LogP contribution in [0.5, 0.6) is 0 Å². The van der Waals surface area contributed by atoms with E-state index in [2.05, 4.69) is 15.2 Å². The number of piperazine rings is 1. The quantitative estimate of drug-likeness (QED) is 0.858. The van der Waals surface area contributed by atoms with Gasteiger partial charge in [0.15, 0.2) is 0 Å². The van der Waals surface area contributed by atoms with Crippen LogP contribution in [0.3, 0.4) is 0 Å². The Bertz CT molecular complexity index is 596. The van der Waals surface area contributed by atoms with Gasteiger partial charge in [-0.05, 0) is 18.3 Å². The molecule has 0 aromatic carbocycles. The van der Waals surface area contributed by atoms with E-state index in [1.807, 2.05) is 9.80 Å². The average molecular weight is 347 g/mol. The summed E-state index contributed by atoms with van der Waals surface area (Å²) in [6, 6.07) is 0. The Morgan fingerprint density at radius 1 is 1.04 bits per heavy atom. The monoisotopic (exact) mass is 347 g/mol. The summed E-state index contributed by atoms with van der Waals surface area (Å²) >= 11 is 0. The summed E-state index contributed by atoms with van der Waals surface area (Å²) in [5.74, 6) is -0.132. The first-order chi connectivity index (χ1) is 12.1. The SMILES string of the molecule is O=C(O)CC1(CC(=O)N2CCN(c3nccnn3)CC2)CCCCC1. The van der Waals surface area contributed by atoms with Crippen LogP contribution in [0.4, 0.5) is 5.95 Å². The molecule has 1 aromatic heterocycles. The molecule has 1 N–H and O–H groups in total. The number of nitrogens with zero attached hydrogens (tertiary/aromatic N) is 5.